The quantitative estimate of drug-likeness (QED) is 0.728. The molecule has 8 nitrogen and oxygen atoms in total. The van der Waals surface area contributed by atoms with Gasteiger partial charge in [-0.1, -0.05) is 0 Å². The van der Waals surface area contributed by atoms with Crippen LogP contribution in [0.15, 0.2) is 18.3 Å². The number of anilines is 1. The Bertz CT molecular complexity index is 677. The maximum Gasteiger partial charge on any atom is 0.326 e. The van der Waals surface area contributed by atoms with Gasteiger partial charge in [0.2, 0.25) is 5.91 Å². The topological polar surface area (TPSA) is 112 Å². The van der Waals surface area contributed by atoms with E-state index in [0.717, 1.165) is 0 Å². The largest absolute Gasteiger partial charge is 0.480 e. The van der Waals surface area contributed by atoms with Crippen LogP contribution in [0.4, 0.5) is 5.82 Å². The van der Waals surface area contributed by atoms with Crippen molar-refractivity contribution in [2.24, 2.45) is 0 Å². The zero-order valence-electron chi connectivity index (χ0n) is 12.7. The third-order valence-corrected chi connectivity index (χ3v) is 4.45. The zero-order chi connectivity index (χ0) is 16.6. The van der Waals surface area contributed by atoms with E-state index in [1.807, 2.05) is 0 Å². The molecule has 1 aromatic rings. The molecule has 0 saturated carbocycles. The van der Waals surface area contributed by atoms with Gasteiger partial charge in [-0.15, -0.1) is 0 Å². The second-order valence-electron chi connectivity index (χ2n) is 5.91. The van der Waals surface area contributed by atoms with E-state index >= 15 is 0 Å². The molecule has 0 bridgehead atoms. The summed E-state index contributed by atoms with van der Waals surface area (Å²) in [5.74, 6) is -1.01. The van der Waals surface area contributed by atoms with Crippen LogP contribution in [-0.2, 0) is 9.59 Å². The Morgan fingerprint density at radius 3 is 2.91 bits per heavy atom. The van der Waals surface area contributed by atoms with Crippen LogP contribution in [0.3, 0.4) is 0 Å². The smallest absolute Gasteiger partial charge is 0.326 e. The number of carbonyl (C=O) groups excluding carboxylic acids is 2. The minimum atomic E-state index is -1.04. The average Bonchev–Trinajstić information content (AvgIpc) is 2.67. The molecule has 1 fully saturated rings. The van der Waals surface area contributed by atoms with Crippen LogP contribution in [0.2, 0.25) is 0 Å². The highest BCUT2D eigenvalue weighted by Crippen LogP contribution is 2.30. The number of rotatable bonds is 2. The third kappa shape index (κ3) is 2.71. The van der Waals surface area contributed by atoms with E-state index in [4.69, 9.17) is 5.11 Å². The van der Waals surface area contributed by atoms with Crippen molar-refractivity contribution in [3.8, 4) is 0 Å². The van der Waals surface area contributed by atoms with Gasteiger partial charge in [0.15, 0.2) is 0 Å². The van der Waals surface area contributed by atoms with E-state index < -0.39 is 17.7 Å². The average molecular weight is 318 g/mol. The first-order valence-corrected chi connectivity index (χ1v) is 7.50. The summed E-state index contributed by atoms with van der Waals surface area (Å²) in [6.07, 6.45) is 2.56. The first-order chi connectivity index (χ1) is 10.9. The van der Waals surface area contributed by atoms with Crippen LogP contribution in [0.1, 0.15) is 36.5 Å². The van der Waals surface area contributed by atoms with E-state index in [2.05, 4.69) is 15.6 Å². The summed E-state index contributed by atoms with van der Waals surface area (Å²) in [6, 6.07) is 2.48. The van der Waals surface area contributed by atoms with Gasteiger partial charge in [-0.3, -0.25) is 9.59 Å². The number of aliphatic carboxylic acids is 1. The van der Waals surface area contributed by atoms with E-state index in [1.54, 1.807) is 18.3 Å². The standard InChI is InChI=1S/C15H18N4O4/c1-9(14(22)23)19-8-6-15(5-4-11(19)20)17-12-10(13(21)18-15)3-2-7-16-12/h2-3,7,9H,4-6,8H2,1H3,(H,16,17)(H,18,21)(H,22,23)/t9-,15-/m1/s1. The summed E-state index contributed by atoms with van der Waals surface area (Å²) in [5.41, 5.74) is -0.314. The number of carboxylic acids is 1. The molecular formula is C15H18N4O4. The van der Waals surface area contributed by atoms with Crippen molar-refractivity contribution in [3.63, 3.8) is 0 Å². The van der Waals surface area contributed by atoms with Crippen molar-refractivity contribution < 1.29 is 19.5 Å². The Hall–Kier alpha value is -2.64. The van der Waals surface area contributed by atoms with Gasteiger partial charge in [0.1, 0.15) is 17.5 Å². The zero-order valence-corrected chi connectivity index (χ0v) is 12.7. The minimum absolute atomic E-state index is 0.160. The van der Waals surface area contributed by atoms with Crippen molar-refractivity contribution >= 4 is 23.6 Å². The highest BCUT2D eigenvalue weighted by atomic mass is 16.4. The highest BCUT2D eigenvalue weighted by Gasteiger charge is 2.42. The summed E-state index contributed by atoms with van der Waals surface area (Å²) in [7, 11) is 0. The third-order valence-electron chi connectivity index (χ3n) is 4.45. The Morgan fingerprint density at radius 1 is 1.39 bits per heavy atom. The molecule has 2 aliphatic heterocycles. The molecule has 0 unspecified atom stereocenters. The molecule has 3 heterocycles. The molecule has 122 valence electrons. The van der Waals surface area contributed by atoms with Gasteiger partial charge >= 0.3 is 5.97 Å². The molecule has 0 aliphatic carbocycles. The Morgan fingerprint density at radius 2 is 2.17 bits per heavy atom. The molecule has 2 aliphatic rings. The number of likely N-dealkylation sites (tertiary alicyclic amines) is 1. The summed E-state index contributed by atoms with van der Waals surface area (Å²) < 4.78 is 0. The maximum absolute atomic E-state index is 12.3. The molecule has 23 heavy (non-hydrogen) atoms. The van der Waals surface area contributed by atoms with Crippen LogP contribution in [0, 0.1) is 0 Å². The van der Waals surface area contributed by atoms with Crippen LogP contribution >= 0.6 is 0 Å². The van der Waals surface area contributed by atoms with Crippen molar-refractivity contribution in [2.75, 3.05) is 11.9 Å². The first kappa shape index (κ1) is 15.3. The van der Waals surface area contributed by atoms with Gasteiger partial charge in [0.25, 0.3) is 5.91 Å². The molecule has 1 aromatic heterocycles. The molecular weight excluding hydrogens is 300 g/mol. The Labute approximate surface area is 132 Å². The predicted molar refractivity (Wildman–Crippen MR) is 80.7 cm³/mol. The molecule has 1 spiro atoms. The summed E-state index contributed by atoms with van der Waals surface area (Å²) >= 11 is 0. The summed E-state index contributed by atoms with van der Waals surface area (Å²) in [6.45, 7) is 1.74. The number of fused-ring (bicyclic) bond motifs is 1. The normalized spacial score (nSPS) is 25.2. The molecule has 1 saturated heterocycles. The molecule has 0 radical (unpaired) electrons. The highest BCUT2D eigenvalue weighted by molar-refractivity contribution is 6.01. The van der Waals surface area contributed by atoms with Crippen LogP contribution in [-0.4, -0.2) is 51.0 Å². The van der Waals surface area contributed by atoms with Crippen LogP contribution in [0.25, 0.3) is 0 Å². The van der Waals surface area contributed by atoms with Gasteiger partial charge in [0.05, 0.1) is 5.56 Å². The summed E-state index contributed by atoms with van der Waals surface area (Å²) in [5, 5.41) is 15.3. The number of aromatic nitrogens is 1. The van der Waals surface area contributed by atoms with E-state index in [-0.39, 0.29) is 24.8 Å². The number of nitrogens with zero attached hydrogens (tertiary/aromatic N) is 2. The van der Waals surface area contributed by atoms with E-state index in [1.165, 1.54) is 11.8 Å². The number of hydrogen-bond acceptors (Lipinski definition) is 5. The molecule has 3 N–H and O–H groups in total. The van der Waals surface area contributed by atoms with Gasteiger partial charge in [-0.05, 0) is 25.5 Å². The molecule has 0 aromatic carbocycles. The molecule has 8 heteroatoms. The van der Waals surface area contributed by atoms with Gasteiger partial charge < -0.3 is 20.6 Å². The lowest BCUT2D eigenvalue weighted by atomic mass is 9.97. The number of hydrogen-bond donors (Lipinski definition) is 3. The Balaban J connectivity index is 1.84. The number of amides is 2. The fraction of sp³-hybridized carbons (Fsp3) is 0.467. The fourth-order valence-corrected chi connectivity index (χ4v) is 3.05. The number of nitrogens with one attached hydrogen (secondary N) is 2. The monoisotopic (exact) mass is 318 g/mol. The van der Waals surface area contributed by atoms with Crippen molar-refractivity contribution in [1.29, 1.82) is 0 Å². The molecule has 3 rings (SSSR count). The number of pyridine rings is 1. The second kappa shape index (κ2) is 5.53. The lowest BCUT2D eigenvalue weighted by Gasteiger charge is -2.39. The number of carboxylic acid groups (broad SMARTS) is 1. The van der Waals surface area contributed by atoms with Crippen molar-refractivity contribution in [3.05, 3.63) is 23.9 Å². The van der Waals surface area contributed by atoms with Crippen molar-refractivity contribution in [2.45, 2.75) is 37.9 Å². The van der Waals surface area contributed by atoms with E-state index in [9.17, 15) is 14.4 Å². The van der Waals surface area contributed by atoms with Crippen molar-refractivity contribution in [1.82, 2.24) is 15.2 Å². The van der Waals surface area contributed by atoms with E-state index in [0.29, 0.717) is 24.2 Å². The molecule has 2 atom stereocenters. The molecule has 2 amide bonds. The lowest BCUT2D eigenvalue weighted by Crippen LogP contribution is -2.58. The van der Waals surface area contributed by atoms with Crippen LogP contribution < -0.4 is 10.6 Å². The fourth-order valence-electron chi connectivity index (χ4n) is 3.05. The number of carbonyl (C=O) groups is 3. The van der Waals surface area contributed by atoms with Crippen LogP contribution in [0.5, 0.6) is 0 Å². The maximum atomic E-state index is 12.3. The Kier molecular flexibility index (Phi) is 3.67. The second-order valence-corrected chi connectivity index (χ2v) is 5.91. The van der Waals surface area contributed by atoms with Gasteiger partial charge in [0, 0.05) is 25.6 Å². The predicted octanol–water partition coefficient (Wildman–Crippen LogP) is 0.419. The van der Waals surface area contributed by atoms with Gasteiger partial charge in [-0.25, -0.2) is 9.78 Å². The van der Waals surface area contributed by atoms with Gasteiger partial charge in [-0.2, -0.15) is 0 Å². The minimum Gasteiger partial charge on any atom is -0.480 e. The first-order valence-electron chi connectivity index (χ1n) is 7.50. The SMILES string of the molecule is C[C@H](C(=O)O)N1CC[C@@]2(CCC1=O)NC(=O)c1cccnc1N2. The summed E-state index contributed by atoms with van der Waals surface area (Å²) in [4.78, 5) is 41.2. The lowest BCUT2D eigenvalue weighted by molar-refractivity contribution is -0.149.